The zero-order chi connectivity index (χ0) is 14.4. The van der Waals surface area contributed by atoms with Crippen LogP contribution in [0.15, 0.2) is 0 Å². The molecule has 0 aromatic carbocycles. The lowest BCUT2D eigenvalue weighted by Gasteiger charge is -2.33. The quantitative estimate of drug-likeness (QED) is 0.786. The first-order valence-electron chi connectivity index (χ1n) is 7.23. The van der Waals surface area contributed by atoms with Crippen molar-refractivity contribution in [1.82, 2.24) is 10.2 Å². The molecule has 118 valence electrons. The number of aliphatic carboxylic acids is 1. The van der Waals surface area contributed by atoms with Gasteiger partial charge in [-0.25, -0.2) is 0 Å². The molecule has 0 aromatic heterocycles. The first kappa shape index (κ1) is 19.2. The number of nitrogens with zero attached hydrogens (tertiary/aromatic N) is 1. The highest BCUT2D eigenvalue weighted by molar-refractivity contribution is 5.85. The molecule has 0 saturated carbocycles. The van der Waals surface area contributed by atoms with E-state index in [-0.39, 0.29) is 18.3 Å². The molecule has 1 saturated heterocycles. The number of piperidine rings is 1. The average Bonchev–Trinajstić information content (AvgIpc) is 2.38. The van der Waals surface area contributed by atoms with Crippen LogP contribution in [0.3, 0.4) is 0 Å². The fraction of sp³-hybridized carbons (Fsp3) is 0.857. The maximum atomic E-state index is 12.2. The first-order chi connectivity index (χ1) is 8.95. The molecule has 6 heteroatoms. The van der Waals surface area contributed by atoms with Crippen molar-refractivity contribution in [1.29, 1.82) is 0 Å². The fourth-order valence-electron chi connectivity index (χ4n) is 2.44. The fourth-order valence-corrected chi connectivity index (χ4v) is 2.44. The largest absolute Gasteiger partial charge is 0.480 e. The zero-order valence-electron chi connectivity index (χ0n) is 12.6. The Labute approximate surface area is 127 Å². The Balaban J connectivity index is 0.00000361. The summed E-state index contributed by atoms with van der Waals surface area (Å²) < 4.78 is 0. The lowest BCUT2D eigenvalue weighted by atomic mass is 9.98. The summed E-state index contributed by atoms with van der Waals surface area (Å²) >= 11 is 0. The van der Waals surface area contributed by atoms with Gasteiger partial charge in [0.15, 0.2) is 0 Å². The number of carboxylic acid groups (broad SMARTS) is 1. The molecule has 1 heterocycles. The van der Waals surface area contributed by atoms with Crippen molar-refractivity contribution >= 4 is 24.3 Å². The van der Waals surface area contributed by atoms with E-state index >= 15 is 0 Å². The normalized spacial score (nSPS) is 19.1. The number of carboxylic acids is 1. The van der Waals surface area contributed by atoms with Crippen molar-refractivity contribution in [3.8, 4) is 0 Å². The summed E-state index contributed by atoms with van der Waals surface area (Å²) in [5.41, 5.74) is 0. The third-order valence-corrected chi connectivity index (χ3v) is 3.79. The highest BCUT2D eigenvalue weighted by Gasteiger charge is 2.27. The van der Waals surface area contributed by atoms with Gasteiger partial charge >= 0.3 is 5.97 Å². The van der Waals surface area contributed by atoms with E-state index in [0.29, 0.717) is 12.3 Å². The van der Waals surface area contributed by atoms with Gasteiger partial charge in [0.25, 0.3) is 0 Å². The molecule has 0 aliphatic carbocycles. The molecule has 5 nitrogen and oxygen atoms in total. The summed E-state index contributed by atoms with van der Waals surface area (Å²) in [6, 6.07) is -1.06. The summed E-state index contributed by atoms with van der Waals surface area (Å²) in [5, 5.41) is 12.0. The van der Waals surface area contributed by atoms with Gasteiger partial charge in [-0.3, -0.25) is 14.9 Å². The van der Waals surface area contributed by atoms with Crippen LogP contribution in [0.4, 0.5) is 0 Å². The minimum atomic E-state index is -0.881. The molecule has 2 atom stereocenters. The SMILES string of the molecule is CCCC(NC(C)C(=O)N1CCC(C)CC1)C(=O)O.Cl. The van der Waals surface area contributed by atoms with E-state index in [2.05, 4.69) is 12.2 Å². The van der Waals surface area contributed by atoms with Crippen molar-refractivity contribution in [2.75, 3.05) is 13.1 Å². The Morgan fingerprint density at radius 2 is 1.90 bits per heavy atom. The van der Waals surface area contributed by atoms with Crippen LogP contribution in [-0.2, 0) is 9.59 Å². The van der Waals surface area contributed by atoms with Crippen LogP contribution in [-0.4, -0.2) is 47.1 Å². The van der Waals surface area contributed by atoms with Crippen LogP contribution >= 0.6 is 12.4 Å². The number of amides is 1. The Morgan fingerprint density at radius 3 is 2.35 bits per heavy atom. The molecule has 1 aliphatic rings. The minimum absolute atomic E-state index is 0. The number of hydrogen-bond acceptors (Lipinski definition) is 3. The van der Waals surface area contributed by atoms with Gasteiger partial charge < -0.3 is 10.0 Å². The average molecular weight is 307 g/mol. The van der Waals surface area contributed by atoms with Gasteiger partial charge in [0.2, 0.25) is 5.91 Å². The van der Waals surface area contributed by atoms with Crippen LogP contribution in [0.25, 0.3) is 0 Å². The number of likely N-dealkylation sites (tertiary alicyclic amines) is 1. The van der Waals surface area contributed by atoms with Crippen molar-refractivity contribution in [3.05, 3.63) is 0 Å². The van der Waals surface area contributed by atoms with E-state index in [0.717, 1.165) is 32.4 Å². The number of rotatable bonds is 6. The highest BCUT2D eigenvalue weighted by Crippen LogP contribution is 2.16. The third-order valence-electron chi connectivity index (χ3n) is 3.79. The molecule has 2 unspecified atom stereocenters. The Bertz CT molecular complexity index is 318. The number of halogens is 1. The summed E-state index contributed by atoms with van der Waals surface area (Å²) in [4.78, 5) is 25.2. The van der Waals surface area contributed by atoms with Crippen molar-refractivity contribution in [2.24, 2.45) is 5.92 Å². The number of carbonyl (C=O) groups excluding carboxylic acids is 1. The van der Waals surface area contributed by atoms with Crippen LogP contribution < -0.4 is 5.32 Å². The van der Waals surface area contributed by atoms with Crippen molar-refractivity contribution in [2.45, 2.75) is 58.5 Å². The summed E-state index contributed by atoms with van der Waals surface area (Å²) in [6.45, 7) is 7.47. The number of hydrogen-bond donors (Lipinski definition) is 2. The van der Waals surface area contributed by atoms with Crippen LogP contribution in [0, 0.1) is 5.92 Å². The van der Waals surface area contributed by atoms with E-state index in [9.17, 15) is 9.59 Å². The first-order valence-corrected chi connectivity index (χ1v) is 7.23. The molecule has 1 rings (SSSR count). The molecule has 0 radical (unpaired) electrons. The van der Waals surface area contributed by atoms with Gasteiger partial charge in [-0.05, 0) is 32.1 Å². The van der Waals surface area contributed by atoms with E-state index in [4.69, 9.17) is 5.11 Å². The Hall–Kier alpha value is -0.810. The lowest BCUT2D eigenvalue weighted by Crippen LogP contribution is -2.52. The van der Waals surface area contributed by atoms with E-state index in [1.807, 2.05) is 11.8 Å². The predicted molar refractivity (Wildman–Crippen MR) is 81.2 cm³/mol. The highest BCUT2D eigenvalue weighted by atomic mass is 35.5. The van der Waals surface area contributed by atoms with Gasteiger partial charge in [-0.2, -0.15) is 0 Å². The molecule has 0 spiro atoms. The maximum Gasteiger partial charge on any atom is 0.320 e. The molecule has 1 amide bonds. The molecule has 1 fully saturated rings. The second-order valence-corrected chi connectivity index (χ2v) is 5.58. The van der Waals surface area contributed by atoms with Crippen LogP contribution in [0.2, 0.25) is 0 Å². The van der Waals surface area contributed by atoms with Gasteiger partial charge in [0.1, 0.15) is 6.04 Å². The monoisotopic (exact) mass is 306 g/mol. The number of nitrogens with one attached hydrogen (secondary N) is 1. The summed E-state index contributed by atoms with van der Waals surface area (Å²) in [5.74, 6) is -0.179. The molecule has 1 aliphatic heterocycles. The van der Waals surface area contributed by atoms with Crippen LogP contribution in [0.1, 0.15) is 46.5 Å². The third kappa shape index (κ3) is 5.67. The second kappa shape index (κ2) is 9.19. The molecule has 20 heavy (non-hydrogen) atoms. The van der Waals surface area contributed by atoms with Crippen molar-refractivity contribution < 1.29 is 14.7 Å². The molecular formula is C14H27ClN2O3. The zero-order valence-corrected chi connectivity index (χ0v) is 13.4. The lowest BCUT2D eigenvalue weighted by molar-refractivity contribution is -0.141. The predicted octanol–water partition coefficient (Wildman–Crippen LogP) is 1.90. The van der Waals surface area contributed by atoms with Gasteiger partial charge in [-0.1, -0.05) is 20.3 Å². The van der Waals surface area contributed by atoms with Gasteiger partial charge in [0.05, 0.1) is 6.04 Å². The minimum Gasteiger partial charge on any atom is -0.480 e. The Kier molecular flexibility index (Phi) is 8.81. The standard InChI is InChI=1S/C14H26N2O3.ClH/c1-4-5-12(14(18)19)15-11(3)13(17)16-8-6-10(2)7-9-16;/h10-12,15H,4-9H2,1-3H3,(H,18,19);1H. The molecule has 0 aromatic rings. The number of carbonyl (C=O) groups is 2. The molecular weight excluding hydrogens is 280 g/mol. The summed E-state index contributed by atoms with van der Waals surface area (Å²) in [6.07, 6.45) is 3.40. The Morgan fingerprint density at radius 1 is 1.35 bits per heavy atom. The smallest absolute Gasteiger partial charge is 0.320 e. The molecule has 0 bridgehead atoms. The van der Waals surface area contributed by atoms with E-state index in [1.54, 1.807) is 6.92 Å². The maximum absolute atomic E-state index is 12.2. The van der Waals surface area contributed by atoms with Crippen molar-refractivity contribution in [3.63, 3.8) is 0 Å². The van der Waals surface area contributed by atoms with Gasteiger partial charge in [0, 0.05) is 13.1 Å². The molecule has 2 N–H and O–H groups in total. The van der Waals surface area contributed by atoms with E-state index in [1.165, 1.54) is 0 Å². The second-order valence-electron chi connectivity index (χ2n) is 5.58. The topological polar surface area (TPSA) is 69.6 Å². The summed E-state index contributed by atoms with van der Waals surface area (Å²) in [7, 11) is 0. The van der Waals surface area contributed by atoms with Crippen LogP contribution in [0.5, 0.6) is 0 Å². The van der Waals surface area contributed by atoms with Gasteiger partial charge in [-0.15, -0.1) is 12.4 Å². The van der Waals surface area contributed by atoms with E-state index < -0.39 is 18.1 Å².